The molecule has 1 aromatic heterocycles. The summed E-state index contributed by atoms with van der Waals surface area (Å²) in [6, 6.07) is 1.41. The van der Waals surface area contributed by atoms with Gasteiger partial charge in [-0.1, -0.05) is 13.8 Å². The van der Waals surface area contributed by atoms with Gasteiger partial charge >= 0.3 is 29.1 Å². The van der Waals surface area contributed by atoms with Crippen LogP contribution in [-0.4, -0.2) is 42.5 Å². The Morgan fingerprint density at radius 1 is 1.15 bits per heavy atom. The number of hydrogen-bond acceptors (Lipinski definition) is 10. The maximum atomic E-state index is 12.2. The van der Waals surface area contributed by atoms with Crippen LogP contribution in [0.1, 0.15) is 40.8 Å². The van der Waals surface area contributed by atoms with Crippen LogP contribution < -0.4 is 16.5 Å². The molecule has 6 N–H and O–H groups in total. The predicted molar refractivity (Wildman–Crippen MR) is 116 cm³/mol. The Bertz CT molecular complexity index is 1060. The number of nitrogen functional groups attached to an aromatic ring is 1. The van der Waals surface area contributed by atoms with Gasteiger partial charge in [0.1, 0.15) is 12.0 Å². The highest BCUT2D eigenvalue weighted by atomic mass is 31.3. The molecule has 4 unspecified atom stereocenters. The molecule has 190 valence electrons. The minimum absolute atomic E-state index is 0.0361. The Hall–Kier alpha value is -0.950. The largest absolute Gasteiger partial charge is 0.489 e. The van der Waals surface area contributed by atoms with E-state index in [0.29, 0.717) is 0 Å². The highest BCUT2D eigenvalue weighted by Crippen LogP contribution is 2.66. The molecule has 0 aliphatic carbocycles. The summed E-state index contributed by atoms with van der Waals surface area (Å²) in [4.78, 5) is 44.9. The number of anilines is 1. The molecule has 1 aliphatic heterocycles. The second-order valence-electron chi connectivity index (χ2n) is 8.60. The number of rotatable bonds is 9. The molecule has 1 aliphatic rings. The van der Waals surface area contributed by atoms with Crippen LogP contribution in [0.4, 0.5) is 5.82 Å². The van der Waals surface area contributed by atoms with Crippen molar-refractivity contribution in [2.75, 3.05) is 12.3 Å². The fourth-order valence-electron chi connectivity index (χ4n) is 3.08. The van der Waals surface area contributed by atoms with Crippen LogP contribution in [0.15, 0.2) is 17.1 Å². The maximum absolute atomic E-state index is 12.2. The van der Waals surface area contributed by atoms with E-state index in [4.69, 9.17) is 15.0 Å². The highest BCUT2D eigenvalue weighted by molar-refractivity contribution is 7.67. The summed E-state index contributed by atoms with van der Waals surface area (Å²) in [5.74, 6) is -0.504. The van der Waals surface area contributed by atoms with E-state index in [9.17, 15) is 33.2 Å². The summed E-state index contributed by atoms with van der Waals surface area (Å²) >= 11 is 0. The number of nitrogens with one attached hydrogen (secondary N) is 1. The molecule has 0 saturated carbocycles. The van der Waals surface area contributed by atoms with E-state index in [0.717, 1.165) is 0 Å². The number of ether oxygens (including phenoxy) is 1. The molecule has 0 spiro atoms. The van der Waals surface area contributed by atoms with Gasteiger partial charge in [0, 0.05) is 17.7 Å². The maximum Gasteiger partial charge on any atom is 0.489 e. The summed E-state index contributed by atoms with van der Waals surface area (Å²) in [6.45, 7) is 7.40. The molecule has 2 rings (SSSR count). The van der Waals surface area contributed by atoms with Gasteiger partial charge in [-0.15, -0.1) is 0 Å². The second-order valence-corrected chi connectivity index (χ2v) is 13.3. The molecule has 0 aromatic carbocycles. The van der Waals surface area contributed by atoms with Gasteiger partial charge in [-0.2, -0.15) is 13.6 Å². The van der Waals surface area contributed by atoms with Gasteiger partial charge in [0.05, 0.1) is 12.7 Å². The van der Waals surface area contributed by atoms with Crippen molar-refractivity contribution < 1.29 is 46.3 Å². The minimum Gasteiger partial charge on any atom is -0.383 e. The molecular weight excluding hydrogens is 505 g/mol. The molecule has 7 atom stereocenters. The van der Waals surface area contributed by atoms with Crippen molar-refractivity contribution in [3.63, 3.8) is 0 Å². The molecule has 1 aromatic rings. The molecular formula is C15H29N4O11P3. The Labute approximate surface area is 190 Å². The van der Waals surface area contributed by atoms with Crippen molar-refractivity contribution in [3.05, 3.63) is 22.7 Å². The van der Waals surface area contributed by atoms with E-state index in [-0.39, 0.29) is 17.7 Å². The van der Waals surface area contributed by atoms with Crippen LogP contribution in [-0.2, 0) is 31.6 Å². The summed E-state index contributed by atoms with van der Waals surface area (Å²) in [5.41, 5.74) is 3.84. The first-order chi connectivity index (χ1) is 14.8. The van der Waals surface area contributed by atoms with E-state index in [1.165, 1.54) is 37.6 Å². The molecule has 33 heavy (non-hydrogen) atoms. The molecule has 1 fully saturated rings. The minimum atomic E-state index is -5.50. The average molecular weight is 534 g/mol. The van der Waals surface area contributed by atoms with Gasteiger partial charge < -0.3 is 25.2 Å². The van der Waals surface area contributed by atoms with Crippen molar-refractivity contribution in [2.24, 2.45) is 11.8 Å². The highest BCUT2D eigenvalue weighted by Gasteiger charge is 2.45. The van der Waals surface area contributed by atoms with Gasteiger partial charge in [-0.3, -0.25) is 9.09 Å². The van der Waals surface area contributed by atoms with Gasteiger partial charge in [-0.05, 0) is 32.8 Å². The predicted octanol–water partition coefficient (Wildman–Crippen LogP) is 1.73. The zero-order chi connectivity index (χ0) is 25.4. The molecule has 2 heterocycles. The zero-order valence-corrected chi connectivity index (χ0v) is 21.3. The third-order valence-corrected chi connectivity index (χ3v) is 9.39. The molecule has 15 nitrogen and oxygen atoms in total. The van der Waals surface area contributed by atoms with Crippen molar-refractivity contribution in [1.82, 2.24) is 14.6 Å². The van der Waals surface area contributed by atoms with E-state index < -0.39 is 53.6 Å². The van der Waals surface area contributed by atoms with Crippen LogP contribution in [0.5, 0.6) is 0 Å². The molecule has 18 heteroatoms. The second kappa shape index (κ2) is 9.96. The Balaban J connectivity index is 2.03. The number of nitrogens with two attached hydrogens (primary N) is 1. The lowest BCUT2D eigenvalue weighted by molar-refractivity contribution is -0.0369. The first-order valence-electron chi connectivity index (χ1n) is 9.66. The monoisotopic (exact) mass is 534 g/mol. The van der Waals surface area contributed by atoms with Gasteiger partial charge in [0.25, 0.3) is 0 Å². The van der Waals surface area contributed by atoms with Crippen LogP contribution >= 0.6 is 23.4 Å². The van der Waals surface area contributed by atoms with E-state index >= 15 is 0 Å². The summed E-state index contributed by atoms with van der Waals surface area (Å²) < 4.78 is 56.1. The van der Waals surface area contributed by atoms with Gasteiger partial charge in [-0.25, -0.2) is 23.6 Å². The van der Waals surface area contributed by atoms with Crippen molar-refractivity contribution in [1.29, 1.82) is 0 Å². The van der Waals surface area contributed by atoms with Crippen LogP contribution in [0.2, 0.25) is 0 Å². The van der Waals surface area contributed by atoms with E-state index in [2.05, 4.69) is 18.7 Å². The quantitative estimate of drug-likeness (QED) is 0.285. The standard InChI is InChI=1S/C15H29N4O11P3/c1-9-10(2)13(19-7-6-12(16)17-14(19)20)28-11(9)8-27-32(23,24)30-33(25,26)29-31(21,22)18-15(3,4)5/h6-7,9-11,13H,8H2,1-5H3,(H,23,24)(H,25,26)(H2,16,17,20)(H2,18,21,22)/t9-,10?,11-,13-/m1/s1. The number of aromatic nitrogens is 2. The molecule has 0 radical (unpaired) electrons. The summed E-state index contributed by atoms with van der Waals surface area (Å²) in [5, 5.41) is 2.06. The SMILES string of the molecule is CC1[C@@H](C)[C@@H](COP(=O)(O)OP(=O)(O)OP(=O)(O)NC(C)(C)C)O[C@H]1n1ccc(N)nc1=O. The van der Waals surface area contributed by atoms with Gasteiger partial charge in [0.15, 0.2) is 0 Å². The number of nitrogens with zero attached hydrogens (tertiary/aromatic N) is 2. The first-order valence-corrected chi connectivity index (χ1v) is 14.2. The summed E-state index contributed by atoms with van der Waals surface area (Å²) in [6.07, 6.45) is -0.187. The summed E-state index contributed by atoms with van der Waals surface area (Å²) in [7, 11) is -15.6. The van der Waals surface area contributed by atoms with Crippen LogP contribution in [0, 0.1) is 11.8 Å². The van der Waals surface area contributed by atoms with E-state index in [1.807, 2.05) is 0 Å². The third-order valence-electron chi connectivity index (χ3n) is 4.60. The number of hydrogen-bond donors (Lipinski definition) is 5. The lowest BCUT2D eigenvalue weighted by atomic mass is 9.93. The van der Waals surface area contributed by atoms with Crippen LogP contribution in [0.25, 0.3) is 0 Å². The van der Waals surface area contributed by atoms with Crippen molar-refractivity contribution in [2.45, 2.75) is 52.5 Å². The number of phosphoric acid groups is 2. The molecule has 0 amide bonds. The first kappa shape index (κ1) is 28.3. The topological polar surface area (TPSA) is 222 Å². The lowest BCUT2D eigenvalue weighted by Crippen LogP contribution is -2.33. The smallest absolute Gasteiger partial charge is 0.383 e. The third kappa shape index (κ3) is 8.34. The van der Waals surface area contributed by atoms with Crippen molar-refractivity contribution >= 4 is 29.2 Å². The fraction of sp³-hybridized carbons (Fsp3) is 0.733. The van der Waals surface area contributed by atoms with Crippen LogP contribution in [0.3, 0.4) is 0 Å². The Kier molecular flexibility index (Phi) is 8.54. The molecule has 1 saturated heterocycles. The van der Waals surface area contributed by atoms with Crippen molar-refractivity contribution in [3.8, 4) is 0 Å². The number of phosphoric ester groups is 1. The Morgan fingerprint density at radius 3 is 2.30 bits per heavy atom. The normalized spacial score (nSPS) is 29.2. The fourth-order valence-corrected chi connectivity index (χ4v) is 7.16. The van der Waals surface area contributed by atoms with Gasteiger partial charge in [0.2, 0.25) is 0 Å². The lowest BCUT2D eigenvalue weighted by Gasteiger charge is -2.25. The Morgan fingerprint density at radius 2 is 1.76 bits per heavy atom. The van der Waals surface area contributed by atoms with E-state index in [1.54, 1.807) is 13.8 Å². The average Bonchev–Trinajstić information content (AvgIpc) is 2.84. The molecule has 0 bridgehead atoms. The zero-order valence-electron chi connectivity index (χ0n) is 18.6.